The molecule has 2 aromatic carbocycles. The Morgan fingerprint density at radius 2 is 1.68 bits per heavy atom. The number of aliphatic carboxylic acids is 1. The van der Waals surface area contributed by atoms with Crippen LogP contribution in [0.3, 0.4) is 0 Å². The van der Waals surface area contributed by atoms with E-state index < -0.39 is 28.9 Å². The predicted octanol–water partition coefficient (Wildman–Crippen LogP) is 3.16. The first-order chi connectivity index (χ1) is 16.1. The highest BCUT2D eigenvalue weighted by atomic mass is 16.5. The van der Waals surface area contributed by atoms with Crippen LogP contribution in [0.5, 0.6) is 0 Å². The zero-order valence-corrected chi connectivity index (χ0v) is 19.6. The lowest BCUT2D eigenvalue weighted by Gasteiger charge is -2.30. The van der Waals surface area contributed by atoms with Crippen molar-refractivity contribution in [3.63, 3.8) is 0 Å². The van der Waals surface area contributed by atoms with Crippen molar-refractivity contribution in [2.75, 3.05) is 26.4 Å². The molecule has 34 heavy (non-hydrogen) atoms. The molecule has 0 saturated carbocycles. The fourth-order valence-electron chi connectivity index (χ4n) is 4.46. The quantitative estimate of drug-likeness (QED) is 0.578. The smallest absolute Gasteiger partial charge is 0.407 e. The van der Waals surface area contributed by atoms with E-state index in [1.54, 1.807) is 20.8 Å². The van der Waals surface area contributed by atoms with Gasteiger partial charge in [0, 0.05) is 12.5 Å². The lowest BCUT2D eigenvalue weighted by atomic mass is 9.84. The number of rotatable bonds is 7. The summed E-state index contributed by atoms with van der Waals surface area (Å²) in [6.07, 6.45) is -0.609. The second kappa shape index (κ2) is 9.10. The molecule has 180 valence electrons. The Balaban J connectivity index is 1.32. The zero-order valence-electron chi connectivity index (χ0n) is 19.6. The number of hydrogen-bond donors (Lipinski definition) is 3. The molecule has 2 unspecified atom stereocenters. The maximum atomic E-state index is 12.8. The molecule has 1 aliphatic carbocycles. The number of carboxylic acid groups (broad SMARTS) is 1. The SMILES string of the molecule is CC(C)(CNC(=O)OCC1c2ccccc2-c2ccccc21)C(=O)NC1COCC1(C)C(=O)O. The molecule has 2 amide bonds. The van der Waals surface area contributed by atoms with E-state index in [0.29, 0.717) is 0 Å². The summed E-state index contributed by atoms with van der Waals surface area (Å²) in [6.45, 7) is 5.29. The van der Waals surface area contributed by atoms with Gasteiger partial charge in [-0.05, 0) is 43.0 Å². The fourth-order valence-corrected chi connectivity index (χ4v) is 4.46. The number of hydrogen-bond acceptors (Lipinski definition) is 5. The van der Waals surface area contributed by atoms with E-state index >= 15 is 0 Å². The van der Waals surface area contributed by atoms with Crippen LogP contribution in [0.25, 0.3) is 11.1 Å². The van der Waals surface area contributed by atoms with E-state index in [4.69, 9.17) is 9.47 Å². The normalized spacial score (nSPS) is 21.4. The van der Waals surface area contributed by atoms with Crippen LogP contribution in [-0.2, 0) is 19.1 Å². The van der Waals surface area contributed by atoms with Crippen LogP contribution in [0, 0.1) is 10.8 Å². The molecule has 8 nitrogen and oxygen atoms in total. The van der Waals surface area contributed by atoms with Crippen LogP contribution in [0.2, 0.25) is 0 Å². The van der Waals surface area contributed by atoms with Crippen LogP contribution in [0.1, 0.15) is 37.8 Å². The van der Waals surface area contributed by atoms with Gasteiger partial charge in [-0.1, -0.05) is 48.5 Å². The van der Waals surface area contributed by atoms with Crippen LogP contribution in [0.15, 0.2) is 48.5 Å². The van der Waals surface area contributed by atoms with Crippen molar-refractivity contribution in [1.82, 2.24) is 10.6 Å². The fraction of sp³-hybridized carbons (Fsp3) is 0.423. The Labute approximate surface area is 198 Å². The molecule has 8 heteroatoms. The monoisotopic (exact) mass is 466 g/mol. The van der Waals surface area contributed by atoms with Crippen molar-refractivity contribution in [1.29, 1.82) is 0 Å². The van der Waals surface area contributed by atoms with E-state index in [9.17, 15) is 19.5 Å². The van der Waals surface area contributed by atoms with Gasteiger partial charge < -0.3 is 25.2 Å². The second-order valence-corrected chi connectivity index (χ2v) is 9.83. The highest BCUT2D eigenvalue weighted by molar-refractivity contribution is 5.85. The number of amides is 2. The van der Waals surface area contributed by atoms with E-state index in [1.807, 2.05) is 36.4 Å². The Morgan fingerprint density at radius 3 is 2.26 bits per heavy atom. The number of alkyl carbamates (subject to hydrolysis) is 1. The maximum absolute atomic E-state index is 12.8. The van der Waals surface area contributed by atoms with E-state index in [0.717, 1.165) is 22.3 Å². The second-order valence-electron chi connectivity index (χ2n) is 9.83. The van der Waals surface area contributed by atoms with Crippen LogP contribution >= 0.6 is 0 Å². The highest BCUT2D eigenvalue weighted by Crippen LogP contribution is 2.44. The summed E-state index contributed by atoms with van der Waals surface area (Å²) < 4.78 is 10.8. The minimum absolute atomic E-state index is 0.0334. The van der Waals surface area contributed by atoms with E-state index in [-0.39, 0.29) is 38.2 Å². The molecular weight excluding hydrogens is 436 g/mol. The molecule has 2 aromatic rings. The highest BCUT2D eigenvalue weighted by Gasteiger charge is 2.48. The molecule has 0 spiro atoms. The summed E-state index contributed by atoms with van der Waals surface area (Å²) in [4.78, 5) is 36.9. The minimum atomic E-state index is -1.19. The van der Waals surface area contributed by atoms with Crippen molar-refractivity contribution in [3.8, 4) is 11.1 Å². The largest absolute Gasteiger partial charge is 0.481 e. The standard InChI is InChI=1S/C26H30N2O6/c1-25(2,22(29)28-21-13-33-15-26(21,3)23(30)31)14-27-24(32)34-12-20-18-10-6-4-8-16(18)17-9-5-7-11-19(17)20/h4-11,20-21H,12-15H2,1-3H3,(H,27,32)(H,28,29)(H,30,31). The average molecular weight is 467 g/mol. The lowest BCUT2D eigenvalue weighted by molar-refractivity contribution is -0.149. The van der Waals surface area contributed by atoms with Crippen molar-refractivity contribution in [2.24, 2.45) is 10.8 Å². The first-order valence-electron chi connectivity index (χ1n) is 11.3. The summed E-state index contributed by atoms with van der Waals surface area (Å²) in [5, 5.41) is 15.0. The van der Waals surface area contributed by atoms with Crippen LogP contribution in [-0.4, -0.2) is 55.5 Å². The minimum Gasteiger partial charge on any atom is -0.481 e. The van der Waals surface area contributed by atoms with Gasteiger partial charge in [0.2, 0.25) is 5.91 Å². The van der Waals surface area contributed by atoms with Crippen molar-refractivity contribution < 1.29 is 29.0 Å². The van der Waals surface area contributed by atoms with Gasteiger partial charge in [-0.25, -0.2) is 4.79 Å². The van der Waals surface area contributed by atoms with Gasteiger partial charge in [-0.3, -0.25) is 9.59 Å². The van der Waals surface area contributed by atoms with Crippen LogP contribution < -0.4 is 10.6 Å². The van der Waals surface area contributed by atoms with Gasteiger partial charge in [0.1, 0.15) is 12.0 Å². The predicted molar refractivity (Wildman–Crippen MR) is 125 cm³/mol. The summed E-state index contributed by atoms with van der Waals surface area (Å²) in [6, 6.07) is 15.5. The Bertz CT molecular complexity index is 1070. The molecule has 1 heterocycles. The summed E-state index contributed by atoms with van der Waals surface area (Å²) in [5.74, 6) is -1.44. The number of carbonyl (C=O) groups is 3. The Hall–Kier alpha value is -3.39. The molecule has 1 aliphatic heterocycles. The number of ether oxygens (including phenoxy) is 2. The third-order valence-corrected chi connectivity index (χ3v) is 6.88. The summed E-state index contributed by atoms with van der Waals surface area (Å²) in [5.41, 5.74) is 2.37. The lowest BCUT2D eigenvalue weighted by Crippen LogP contribution is -2.54. The third kappa shape index (κ3) is 4.37. The molecule has 0 bridgehead atoms. The molecule has 2 aliphatic rings. The number of benzene rings is 2. The molecule has 1 saturated heterocycles. The van der Waals surface area contributed by atoms with E-state index in [1.165, 1.54) is 0 Å². The molecule has 2 atom stereocenters. The number of nitrogens with one attached hydrogen (secondary N) is 2. The Morgan fingerprint density at radius 1 is 1.09 bits per heavy atom. The molecule has 1 fully saturated rings. The first kappa shape index (κ1) is 23.8. The molecule has 4 rings (SSSR count). The van der Waals surface area contributed by atoms with Gasteiger partial charge in [-0.2, -0.15) is 0 Å². The molecule has 0 aromatic heterocycles. The van der Waals surface area contributed by atoms with Crippen molar-refractivity contribution in [2.45, 2.75) is 32.7 Å². The van der Waals surface area contributed by atoms with Crippen LogP contribution in [0.4, 0.5) is 4.79 Å². The number of carbonyl (C=O) groups excluding carboxylic acids is 2. The van der Waals surface area contributed by atoms with Crippen molar-refractivity contribution in [3.05, 3.63) is 59.7 Å². The molecular formula is C26H30N2O6. The summed E-state index contributed by atoms with van der Waals surface area (Å²) in [7, 11) is 0. The van der Waals surface area contributed by atoms with Gasteiger partial charge >= 0.3 is 12.1 Å². The van der Waals surface area contributed by atoms with E-state index in [2.05, 4.69) is 22.8 Å². The average Bonchev–Trinajstić information content (AvgIpc) is 3.35. The van der Waals surface area contributed by atoms with Crippen molar-refractivity contribution >= 4 is 18.0 Å². The topological polar surface area (TPSA) is 114 Å². The molecule has 0 radical (unpaired) electrons. The van der Waals surface area contributed by atoms with Gasteiger partial charge in [0.15, 0.2) is 0 Å². The maximum Gasteiger partial charge on any atom is 0.407 e. The number of fused-ring (bicyclic) bond motifs is 3. The third-order valence-electron chi connectivity index (χ3n) is 6.88. The van der Waals surface area contributed by atoms with Gasteiger partial charge in [-0.15, -0.1) is 0 Å². The molecule has 3 N–H and O–H groups in total. The first-order valence-corrected chi connectivity index (χ1v) is 11.3. The summed E-state index contributed by atoms with van der Waals surface area (Å²) >= 11 is 0. The Kier molecular flexibility index (Phi) is 6.36. The van der Waals surface area contributed by atoms with Gasteiger partial charge in [0.25, 0.3) is 0 Å². The van der Waals surface area contributed by atoms with Gasteiger partial charge in [0.05, 0.1) is 24.7 Å². The zero-order chi connectivity index (χ0) is 24.5. The number of carboxylic acids is 1.